The van der Waals surface area contributed by atoms with Gasteiger partial charge >= 0.3 is 0 Å². The lowest BCUT2D eigenvalue weighted by atomic mass is 9.94. The lowest BCUT2D eigenvalue weighted by Crippen LogP contribution is -2.35. The van der Waals surface area contributed by atoms with Crippen molar-refractivity contribution in [3.63, 3.8) is 0 Å². The van der Waals surface area contributed by atoms with Crippen molar-refractivity contribution in [2.75, 3.05) is 5.75 Å². The molecule has 2 unspecified atom stereocenters. The molecule has 0 bridgehead atoms. The largest absolute Gasteiger partial charge is 0.356 e. The number of halogens is 3. The van der Waals surface area contributed by atoms with Gasteiger partial charge < -0.3 is 10.3 Å². The van der Waals surface area contributed by atoms with Gasteiger partial charge in [0.1, 0.15) is 5.82 Å². The molecule has 1 aromatic heterocycles. The van der Waals surface area contributed by atoms with Gasteiger partial charge in [-0.05, 0) is 72.0 Å². The lowest BCUT2D eigenvalue weighted by Gasteiger charge is -2.24. The number of fused-ring (bicyclic) bond motifs is 3. The summed E-state index contributed by atoms with van der Waals surface area (Å²) < 4.78 is 27.2. The zero-order valence-electron chi connectivity index (χ0n) is 17.8. The molecule has 5 rings (SSSR count). The molecular weight excluding hydrogens is 478 g/mol. The van der Waals surface area contributed by atoms with E-state index >= 15 is 0 Å². The monoisotopic (exact) mass is 500 g/mol. The highest BCUT2D eigenvalue weighted by Crippen LogP contribution is 2.36. The maximum absolute atomic E-state index is 14.7. The van der Waals surface area contributed by atoms with Gasteiger partial charge in [0, 0.05) is 50.8 Å². The van der Waals surface area contributed by atoms with Crippen LogP contribution in [0.1, 0.15) is 24.1 Å². The summed E-state index contributed by atoms with van der Waals surface area (Å²) >= 11 is 12.0. The van der Waals surface area contributed by atoms with E-state index in [1.165, 1.54) is 6.07 Å². The van der Waals surface area contributed by atoms with E-state index in [0.29, 0.717) is 27.9 Å². The summed E-state index contributed by atoms with van der Waals surface area (Å²) in [7, 11) is -1.04. The van der Waals surface area contributed by atoms with Crippen LogP contribution in [0.5, 0.6) is 0 Å². The molecule has 0 saturated carbocycles. The van der Waals surface area contributed by atoms with Crippen LogP contribution in [-0.4, -0.2) is 21.0 Å². The molecule has 3 aromatic carbocycles. The van der Waals surface area contributed by atoms with Crippen molar-refractivity contribution in [2.24, 2.45) is 0 Å². The summed E-state index contributed by atoms with van der Waals surface area (Å²) in [4.78, 5) is 4.16. The van der Waals surface area contributed by atoms with E-state index < -0.39 is 10.8 Å². The van der Waals surface area contributed by atoms with Crippen molar-refractivity contribution in [3.05, 3.63) is 87.8 Å². The van der Waals surface area contributed by atoms with Gasteiger partial charge in [0.05, 0.1) is 16.3 Å². The average molecular weight is 501 g/mol. The number of hydrogen-bond acceptors (Lipinski definition) is 2. The van der Waals surface area contributed by atoms with Gasteiger partial charge in [0.25, 0.3) is 0 Å². The molecule has 3 nitrogen and oxygen atoms in total. The summed E-state index contributed by atoms with van der Waals surface area (Å²) in [5.41, 5.74) is 4.76. The van der Waals surface area contributed by atoms with Gasteiger partial charge in [0.15, 0.2) is 0 Å². The molecular formula is C26H23Cl2FN2OS. The van der Waals surface area contributed by atoms with E-state index in [9.17, 15) is 8.60 Å². The minimum Gasteiger partial charge on any atom is -0.356 e. The fourth-order valence-corrected chi connectivity index (χ4v) is 5.92. The van der Waals surface area contributed by atoms with Crippen molar-refractivity contribution in [1.82, 2.24) is 10.3 Å². The van der Waals surface area contributed by atoms with E-state index in [0.717, 1.165) is 51.9 Å². The topological polar surface area (TPSA) is 44.9 Å². The highest BCUT2D eigenvalue weighted by Gasteiger charge is 2.25. The second kappa shape index (κ2) is 9.59. The summed E-state index contributed by atoms with van der Waals surface area (Å²) in [6.07, 6.45) is 2.53. The predicted molar refractivity (Wildman–Crippen MR) is 135 cm³/mol. The van der Waals surface area contributed by atoms with Gasteiger partial charge in [0.2, 0.25) is 0 Å². The van der Waals surface area contributed by atoms with Crippen LogP contribution < -0.4 is 5.32 Å². The van der Waals surface area contributed by atoms with Crippen LogP contribution in [0.2, 0.25) is 10.0 Å². The molecule has 7 heteroatoms. The Hall–Kier alpha value is -2.18. The third-order valence-electron chi connectivity index (χ3n) is 6.23. The molecule has 1 aliphatic rings. The van der Waals surface area contributed by atoms with E-state index in [2.05, 4.69) is 10.3 Å². The van der Waals surface area contributed by atoms with E-state index in [1.54, 1.807) is 12.1 Å². The summed E-state index contributed by atoms with van der Waals surface area (Å²) in [6.45, 7) is 0.671. The molecule has 0 aliphatic carbocycles. The quantitative estimate of drug-likeness (QED) is 0.303. The molecule has 2 N–H and O–H groups in total. The zero-order valence-corrected chi connectivity index (χ0v) is 20.2. The van der Waals surface area contributed by atoms with Crippen LogP contribution in [0.15, 0.2) is 65.6 Å². The Morgan fingerprint density at radius 2 is 1.67 bits per heavy atom. The molecule has 33 heavy (non-hydrogen) atoms. The van der Waals surface area contributed by atoms with Gasteiger partial charge in [-0.2, -0.15) is 0 Å². The van der Waals surface area contributed by atoms with Crippen molar-refractivity contribution >= 4 is 44.9 Å². The number of aromatic nitrogens is 1. The summed E-state index contributed by atoms with van der Waals surface area (Å²) in [6, 6.07) is 18.4. The van der Waals surface area contributed by atoms with Crippen molar-refractivity contribution in [2.45, 2.75) is 36.7 Å². The Bertz CT molecular complexity index is 1320. The highest BCUT2D eigenvalue weighted by molar-refractivity contribution is 7.85. The fraction of sp³-hybridized carbons (Fsp3) is 0.231. The SMILES string of the molecule is O=S(CCCC1Cc2[nH]c3c(F)ccc(-c4ccc(Cl)cc4)c3c2CN1)c1ccc(Cl)cc1. The zero-order chi connectivity index (χ0) is 22.9. The predicted octanol–water partition coefficient (Wildman–Crippen LogP) is 6.88. The smallest absolute Gasteiger partial charge is 0.147 e. The summed E-state index contributed by atoms with van der Waals surface area (Å²) in [5, 5.41) is 5.86. The first kappa shape index (κ1) is 22.6. The molecule has 0 saturated heterocycles. The molecule has 2 heterocycles. The van der Waals surface area contributed by atoms with Crippen molar-refractivity contribution in [1.29, 1.82) is 0 Å². The van der Waals surface area contributed by atoms with Gasteiger partial charge in [-0.3, -0.25) is 4.21 Å². The lowest BCUT2D eigenvalue weighted by molar-refractivity contribution is 0.446. The number of hydrogen-bond donors (Lipinski definition) is 2. The van der Waals surface area contributed by atoms with E-state index in [-0.39, 0.29) is 11.9 Å². The summed E-state index contributed by atoms with van der Waals surface area (Å²) in [5.74, 6) is 0.362. The van der Waals surface area contributed by atoms with Crippen LogP contribution >= 0.6 is 23.2 Å². The Morgan fingerprint density at radius 3 is 2.39 bits per heavy atom. The first-order chi connectivity index (χ1) is 16.0. The first-order valence-electron chi connectivity index (χ1n) is 10.9. The molecule has 4 aromatic rings. The Labute approximate surface area is 204 Å². The highest BCUT2D eigenvalue weighted by atomic mass is 35.5. The van der Waals surface area contributed by atoms with Crippen LogP contribution in [0.25, 0.3) is 22.0 Å². The third kappa shape index (κ3) is 4.73. The van der Waals surface area contributed by atoms with E-state index in [1.807, 2.05) is 42.5 Å². The number of aromatic amines is 1. The maximum Gasteiger partial charge on any atom is 0.147 e. The Kier molecular flexibility index (Phi) is 6.57. The van der Waals surface area contributed by atoms with Crippen LogP contribution in [-0.2, 0) is 23.8 Å². The second-order valence-corrected chi connectivity index (χ2v) is 10.8. The van der Waals surface area contributed by atoms with Crippen LogP contribution in [0.4, 0.5) is 4.39 Å². The number of nitrogens with one attached hydrogen (secondary N) is 2. The van der Waals surface area contributed by atoms with Crippen molar-refractivity contribution < 1.29 is 8.60 Å². The molecule has 0 amide bonds. The molecule has 0 spiro atoms. The standard InChI is InChI=1S/C26H23Cl2FN2OS/c27-17-5-3-16(4-6-17)21-11-12-23(29)26-25(21)22-15-30-19(14-24(22)31-26)2-1-13-33(32)20-9-7-18(28)8-10-20/h3-12,19,30-31H,1-2,13-15H2. The Balaban J connectivity index is 1.32. The second-order valence-electron chi connectivity index (χ2n) is 8.36. The normalized spacial score (nSPS) is 16.6. The minimum atomic E-state index is -1.04. The molecule has 0 fully saturated rings. The van der Waals surface area contributed by atoms with Gasteiger partial charge in [-0.1, -0.05) is 41.4 Å². The third-order valence-corrected chi connectivity index (χ3v) is 8.19. The number of rotatable bonds is 6. The molecule has 2 atom stereocenters. The average Bonchev–Trinajstić information content (AvgIpc) is 3.20. The fourth-order valence-electron chi connectivity index (χ4n) is 4.56. The first-order valence-corrected chi connectivity index (χ1v) is 13.0. The van der Waals surface area contributed by atoms with Crippen molar-refractivity contribution in [3.8, 4) is 11.1 Å². The number of H-pyrrole nitrogens is 1. The molecule has 1 aliphatic heterocycles. The number of benzene rings is 3. The van der Waals surface area contributed by atoms with Gasteiger partial charge in [-0.25, -0.2) is 4.39 Å². The Morgan fingerprint density at radius 1 is 0.970 bits per heavy atom. The maximum atomic E-state index is 14.7. The molecule has 0 radical (unpaired) electrons. The van der Waals surface area contributed by atoms with Crippen LogP contribution in [0, 0.1) is 5.82 Å². The van der Waals surface area contributed by atoms with Gasteiger partial charge in [-0.15, -0.1) is 0 Å². The van der Waals surface area contributed by atoms with Crippen LogP contribution in [0.3, 0.4) is 0 Å². The minimum absolute atomic E-state index is 0.243. The molecule has 170 valence electrons. The van der Waals surface area contributed by atoms with E-state index in [4.69, 9.17) is 23.2 Å².